The van der Waals surface area contributed by atoms with Gasteiger partial charge >= 0.3 is 0 Å². The molecule has 0 bridgehead atoms. The summed E-state index contributed by atoms with van der Waals surface area (Å²) in [5, 5.41) is 58.7. The highest BCUT2D eigenvalue weighted by atomic mass is 17.0. The first-order valence-corrected chi connectivity index (χ1v) is 7.57. The van der Waals surface area contributed by atoms with E-state index >= 15 is 0 Å². The van der Waals surface area contributed by atoms with Crippen molar-refractivity contribution in [1.82, 2.24) is 0 Å². The molecule has 0 fully saturated rings. The molecule has 0 radical (unpaired) electrons. The van der Waals surface area contributed by atoms with Crippen molar-refractivity contribution in [2.45, 2.75) is 19.1 Å². The SMILES string of the molecule is CCO.O=[N+]([O-])OCC(CO[N+](=O)[O-])O[N+](=O)[O-].O=[N+]([O-])OCC(CO[N+](=O)[O-])O[N+](=O)[O-]. The Morgan fingerprint density at radius 3 is 0.848 bits per heavy atom. The van der Waals surface area contributed by atoms with Gasteiger partial charge in [0.2, 0.25) is 0 Å². The van der Waals surface area contributed by atoms with E-state index in [-0.39, 0.29) is 6.61 Å². The van der Waals surface area contributed by atoms with Gasteiger partial charge in [-0.2, -0.15) is 0 Å². The Morgan fingerprint density at radius 1 is 0.545 bits per heavy atom. The van der Waals surface area contributed by atoms with Crippen LogP contribution >= 0.6 is 0 Å². The molecule has 0 spiro atoms. The normalized spacial score (nSPS) is 9.09. The fourth-order valence-electron chi connectivity index (χ4n) is 1.04. The van der Waals surface area contributed by atoms with Crippen LogP contribution in [0, 0.1) is 60.7 Å². The molecule has 0 saturated heterocycles. The summed E-state index contributed by atoms with van der Waals surface area (Å²) in [6.07, 6.45) is -3.09. The third-order valence-electron chi connectivity index (χ3n) is 1.93. The van der Waals surface area contributed by atoms with Crippen molar-refractivity contribution in [3.8, 4) is 0 Å². The molecule has 0 saturated carbocycles. The lowest BCUT2D eigenvalue weighted by Gasteiger charge is -2.11. The summed E-state index contributed by atoms with van der Waals surface area (Å²) in [5.41, 5.74) is 0. The zero-order chi connectivity index (χ0) is 26.4. The number of aliphatic hydroxyl groups is 1. The second kappa shape index (κ2) is 20.4. The van der Waals surface area contributed by atoms with Crippen molar-refractivity contribution in [1.29, 1.82) is 0 Å². The molecule has 0 aliphatic carbocycles. The van der Waals surface area contributed by atoms with Crippen molar-refractivity contribution in [2.75, 3.05) is 33.0 Å². The van der Waals surface area contributed by atoms with Crippen LogP contribution in [-0.4, -0.2) is 80.9 Å². The second-order valence-corrected chi connectivity index (χ2v) is 4.30. The Balaban J connectivity index is -0.000000487. The third-order valence-corrected chi connectivity index (χ3v) is 1.93. The largest absolute Gasteiger partial charge is 0.397 e. The first-order chi connectivity index (χ1) is 15.2. The van der Waals surface area contributed by atoms with Crippen LogP contribution < -0.4 is 0 Å². The highest BCUT2D eigenvalue weighted by molar-refractivity contribution is 4.49. The molecule has 33 heavy (non-hydrogen) atoms. The first-order valence-electron chi connectivity index (χ1n) is 7.57. The zero-order valence-corrected chi connectivity index (χ0v) is 16.2. The molecule has 0 aliphatic heterocycles. The highest BCUT2D eigenvalue weighted by Gasteiger charge is 2.18. The van der Waals surface area contributed by atoms with Crippen LogP contribution in [0.2, 0.25) is 0 Å². The van der Waals surface area contributed by atoms with Gasteiger partial charge in [0.15, 0.2) is 12.2 Å². The van der Waals surface area contributed by atoms with Crippen LogP contribution in [0.4, 0.5) is 0 Å². The zero-order valence-electron chi connectivity index (χ0n) is 16.2. The molecule has 0 atom stereocenters. The van der Waals surface area contributed by atoms with E-state index in [2.05, 4.69) is 29.0 Å². The third kappa shape index (κ3) is 32.1. The Morgan fingerprint density at radius 2 is 0.727 bits per heavy atom. The molecule has 25 nitrogen and oxygen atoms in total. The van der Waals surface area contributed by atoms with Gasteiger partial charge in [-0.3, -0.25) is 0 Å². The maximum atomic E-state index is 9.83. The van der Waals surface area contributed by atoms with Crippen molar-refractivity contribution >= 4 is 0 Å². The smallest absolute Gasteiger partial charge is 0.294 e. The van der Waals surface area contributed by atoms with Crippen LogP contribution in [-0.2, 0) is 29.0 Å². The van der Waals surface area contributed by atoms with E-state index in [1.165, 1.54) is 0 Å². The molecule has 0 aliphatic rings. The summed E-state index contributed by atoms with van der Waals surface area (Å²) < 4.78 is 0. The van der Waals surface area contributed by atoms with Crippen molar-refractivity contribution in [3.63, 3.8) is 0 Å². The maximum Gasteiger partial charge on any atom is 0.294 e. The van der Waals surface area contributed by atoms with E-state index < -0.39 is 69.2 Å². The number of rotatable bonds is 16. The average Bonchev–Trinajstić information content (AvgIpc) is 2.66. The summed E-state index contributed by atoms with van der Waals surface area (Å²) in [6.45, 7) is -1.45. The van der Waals surface area contributed by atoms with E-state index in [4.69, 9.17) is 5.11 Å². The molecule has 192 valence electrons. The average molecular weight is 500 g/mol. The Labute approximate surface area is 178 Å². The standard InChI is InChI=1S/2C3H5N3O9.C2H6O/c2*7-4(8)13-1-3(15-6(11)12)2-14-5(9)10;1-2-3/h2*3H,1-2H2;3H,2H2,1H3. The van der Waals surface area contributed by atoms with Crippen molar-refractivity contribution < 1.29 is 64.7 Å². The summed E-state index contributed by atoms with van der Waals surface area (Å²) >= 11 is 0. The summed E-state index contributed by atoms with van der Waals surface area (Å²) in [5.74, 6) is 0. The first kappa shape index (κ1) is 32.8. The van der Waals surface area contributed by atoms with Gasteiger partial charge in [0, 0.05) is 6.61 Å². The van der Waals surface area contributed by atoms with E-state index in [0.717, 1.165) is 0 Å². The number of hydrogen-bond donors (Lipinski definition) is 1. The van der Waals surface area contributed by atoms with Crippen LogP contribution in [0.3, 0.4) is 0 Å². The molecular formula is C8H16N6O19. The van der Waals surface area contributed by atoms with Gasteiger partial charge in [0.25, 0.3) is 30.5 Å². The predicted octanol–water partition coefficient (Wildman–Crippen LogP) is -2.04. The molecule has 0 aromatic carbocycles. The van der Waals surface area contributed by atoms with Gasteiger partial charge in [-0.1, -0.05) is 0 Å². The van der Waals surface area contributed by atoms with Gasteiger partial charge in [-0.05, 0) is 6.92 Å². The molecule has 25 heteroatoms. The Kier molecular flexibility index (Phi) is 20.3. The monoisotopic (exact) mass is 500 g/mol. The molecule has 0 aromatic heterocycles. The Hall–Kier alpha value is -4.84. The van der Waals surface area contributed by atoms with E-state index in [0.29, 0.717) is 0 Å². The van der Waals surface area contributed by atoms with E-state index in [1.54, 1.807) is 6.92 Å². The minimum absolute atomic E-state index is 0.250. The lowest BCUT2D eigenvalue weighted by Crippen LogP contribution is -2.30. The molecule has 0 heterocycles. The number of hydrogen-bond acceptors (Lipinski definition) is 19. The minimum atomic E-state index is -1.55. The molecule has 0 rings (SSSR count). The van der Waals surface area contributed by atoms with E-state index in [9.17, 15) is 60.7 Å². The quantitative estimate of drug-likeness (QED) is 0.176. The molecule has 0 unspecified atom stereocenters. The van der Waals surface area contributed by atoms with Gasteiger partial charge < -0.3 is 34.1 Å². The topological polar surface area (TPSA) is 334 Å². The summed E-state index contributed by atoms with van der Waals surface area (Å²) in [6, 6.07) is 0. The summed E-state index contributed by atoms with van der Waals surface area (Å²) in [7, 11) is 0. The van der Waals surface area contributed by atoms with E-state index in [1.807, 2.05) is 0 Å². The van der Waals surface area contributed by atoms with Gasteiger partial charge in [0.05, 0.1) is 0 Å². The van der Waals surface area contributed by atoms with Crippen LogP contribution in [0.1, 0.15) is 6.92 Å². The molecule has 0 aromatic rings. The molecular weight excluding hydrogens is 484 g/mol. The van der Waals surface area contributed by atoms with Crippen LogP contribution in [0.25, 0.3) is 0 Å². The van der Waals surface area contributed by atoms with Gasteiger partial charge in [-0.25, -0.2) is 0 Å². The van der Waals surface area contributed by atoms with Crippen molar-refractivity contribution in [3.05, 3.63) is 60.7 Å². The second-order valence-electron chi connectivity index (χ2n) is 4.30. The van der Waals surface area contributed by atoms with Crippen LogP contribution in [0.15, 0.2) is 0 Å². The fourth-order valence-corrected chi connectivity index (χ4v) is 1.04. The number of aliphatic hydroxyl groups excluding tert-OH is 1. The number of nitrogens with zero attached hydrogens (tertiary/aromatic N) is 6. The predicted molar refractivity (Wildman–Crippen MR) is 88.3 cm³/mol. The summed E-state index contributed by atoms with van der Waals surface area (Å²) in [4.78, 5) is 81.0. The lowest BCUT2D eigenvalue weighted by atomic mass is 10.4. The van der Waals surface area contributed by atoms with Gasteiger partial charge in [0.1, 0.15) is 26.4 Å². The van der Waals surface area contributed by atoms with Gasteiger partial charge in [-0.15, -0.1) is 60.7 Å². The highest BCUT2D eigenvalue weighted by Crippen LogP contribution is 1.97. The fraction of sp³-hybridized carbons (Fsp3) is 1.00. The lowest BCUT2D eigenvalue weighted by molar-refractivity contribution is -0.803. The van der Waals surface area contributed by atoms with Crippen molar-refractivity contribution in [2.24, 2.45) is 0 Å². The maximum absolute atomic E-state index is 9.83. The van der Waals surface area contributed by atoms with Crippen LogP contribution in [0.5, 0.6) is 0 Å². The molecule has 1 N–H and O–H groups in total. The minimum Gasteiger partial charge on any atom is -0.397 e. The Bertz CT molecular complexity index is 541. The molecule has 0 amide bonds.